The molecule has 1 atom stereocenters. The van der Waals surface area contributed by atoms with Crippen molar-refractivity contribution in [3.05, 3.63) is 35.6 Å². The van der Waals surface area contributed by atoms with Gasteiger partial charge in [0.25, 0.3) is 0 Å². The SMILES string of the molecule is CN=C(NCC(OC)c1ccc(F)cc1)NC1CCN(CC(C)C)CC1.I. The summed E-state index contributed by atoms with van der Waals surface area (Å²) in [5, 5.41) is 6.85. The lowest BCUT2D eigenvalue weighted by Crippen LogP contribution is -2.49. The summed E-state index contributed by atoms with van der Waals surface area (Å²) < 4.78 is 18.6. The lowest BCUT2D eigenvalue weighted by molar-refractivity contribution is 0.106. The third kappa shape index (κ3) is 8.31. The molecule has 0 bridgehead atoms. The van der Waals surface area contributed by atoms with Gasteiger partial charge in [0.15, 0.2) is 5.96 Å². The molecule has 0 aromatic heterocycles. The summed E-state index contributed by atoms with van der Waals surface area (Å²) >= 11 is 0. The Morgan fingerprint density at radius 2 is 1.89 bits per heavy atom. The van der Waals surface area contributed by atoms with E-state index in [-0.39, 0.29) is 35.9 Å². The fourth-order valence-corrected chi connectivity index (χ4v) is 3.37. The van der Waals surface area contributed by atoms with Gasteiger partial charge in [0.2, 0.25) is 0 Å². The minimum absolute atomic E-state index is 0. The van der Waals surface area contributed by atoms with Crippen LogP contribution >= 0.6 is 24.0 Å². The van der Waals surface area contributed by atoms with E-state index in [9.17, 15) is 4.39 Å². The molecule has 1 fully saturated rings. The van der Waals surface area contributed by atoms with E-state index in [1.165, 1.54) is 18.7 Å². The zero-order valence-corrected chi connectivity index (χ0v) is 19.2. The number of methoxy groups -OCH3 is 1. The van der Waals surface area contributed by atoms with Crippen molar-refractivity contribution < 1.29 is 9.13 Å². The van der Waals surface area contributed by atoms with Crippen molar-refractivity contribution in [2.75, 3.05) is 40.3 Å². The fraction of sp³-hybridized carbons (Fsp3) is 0.650. The minimum atomic E-state index is -0.238. The number of aliphatic imine (C=N–C) groups is 1. The van der Waals surface area contributed by atoms with E-state index in [1.807, 2.05) is 0 Å². The molecule has 1 aromatic rings. The summed E-state index contributed by atoms with van der Waals surface area (Å²) in [6.07, 6.45) is 2.10. The number of likely N-dealkylation sites (tertiary alicyclic amines) is 1. The van der Waals surface area contributed by atoms with Crippen LogP contribution in [0.3, 0.4) is 0 Å². The summed E-state index contributed by atoms with van der Waals surface area (Å²) in [6, 6.07) is 6.87. The molecule has 2 rings (SSSR count). The average molecular weight is 492 g/mol. The van der Waals surface area contributed by atoms with Gasteiger partial charge in [-0.25, -0.2) is 4.39 Å². The van der Waals surface area contributed by atoms with Crippen LogP contribution in [-0.4, -0.2) is 57.2 Å². The summed E-state index contributed by atoms with van der Waals surface area (Å²) in [4.78, 5) is 6.87. The zero-order valence-electron chi connectivity index (χ0n) is 16.9. The van der Waals surface area contributed by atoms with Crippen molar-refractivity contribution in [1.29, 1.82) is 0 Å². The Bertz CT molecular complexity index is 560. The van der Waals surface area contributed by atoms with E-state index in [2.05, 4.69) is 34.4 Å². The molecule has 0 saturated carbocycles. The first-order chi connectivity index (χ1) is 12.5. The van der Waals surface area contributed by atoms with E-state index >= 15 is 0 Å². The third-order valence-corrected chi connectivity index (χ3v) is 4.76. The molecule has 1 aromatic carbocycles. The molecule has 0 aliphatic carbocycles. The van der Waals surface area contributed by atoms with Crippen molar-refractivity contribution in [2.24, 2.45) is 10.9 Å². The number of nitrogens with one attached hydrogen (secondary N) is 2. The predicted octanol–water partition coefficient (Wildman–Crippen LogP) is 3.42. The Kier molecular flexibility index (Phi) is 11.2. The topological polar surface area (TPSA) is 48.9 Å². The molecule has 1 aliphatic rings. The van der Waals surface area contributed by atoms with Gasteiger partial charge in [-0.1, -0.05) is 26.0 Å². The quantitative estimate of drug-likeness (QED) is 0.348. The van der Waals surface area contributed by atoms with Crippen LogP contribution in [-0.2, 0) is 4.74 Å². The Morgan fingerprint density at radius 1 is 1.26 bits per heavy atom. The molecule has 27 heavy (non-hydrogen) atoms. The van der Waals surface area contributed by atoms with Crippen LogP contribution in [0.25, 0.3) is 0 Å². The van der Waals surface area contributed by atoms with Crippen molar-refractivity contribution >= 4 is 29.9 Å². The van der Waals surface area contributed by atoms with Crippen LogP contribution in [0.2, 0.25) is 0 Å². The predicted molar refractivity (Wildman–Crippen MR) is 120 cm³/mol. The zero-order chi connectivity index (χ0) is 18.9. The van der Waals surface area contributed by atoms with Crippen LogP contribution in [0.5, 0.6) is 0 Å². The van der Waals surface area contributed by atoms with Crippen molar-refractivity contribution in [3.63, 3.8) is 0 Å². The number of guanidine groups is 1. The lowest BCUT2D eigenvalue weighted by atomic mass is 10.0. The highest BCUT2D eigenvalue weighted by Crippen LogP contribution is 2.16. The normalized spacial score (nSPS) is 17.5. The van der Waals surface area contributed by atoms with Gasteiger partial charge in [0.1, 0.15) is 5.82 Å². The number of benzene rings is 1. The number of hydrogen-bond donors (Lipinski definition) is 2. The number of nitrogens with zero attached hydrogens (tertiary/aromatic N) is 2. The maximum atomic E-state index is 13.1. The second kappa shape index (κ2) is 12.5. The van der Waals surface area contributed by atoms with Crippen LogP contribution in [0.4, 0.5) is 4.39 Å². The third-order valence-electron chi connectivity index (χ3n) is 4.76. The van der Waals surface area contributed by atoms with Crippen molar-refractivity contribution in [1.82, 2.24) is 15.5 Å². The molecular formula is C20H34FIN4O. The molecule has 1 unspecified atom stereocenters. The van der Waals surface area contributed by atoms with Gasteiger partial charge in [-0.05, 0) is 36.5 Å². The molecular weight excluding hydrogens is 458 g/mol. The largest absolute Gasteiger partial charge is 0.375 e. The van der Waals surface area contributed by atoms with E-state index in [1.54, 1.807) is 26.3 Å². The van der Waals surface area contributed by atoms with E-state index < -0.39 is 0 Å². The maximum Gasteiger partial charge on any atom is 0.191 e. The molecule has 0 radical (unpaired) electrons. The second-order valence-corrected chi connectivity index (χ2v) is 7.34. The van der Waals surface area contributed by atoms with Crippen LogP contribution in [0, 0.1) is 11.7 Å². The highest BCUT2D eigenvalue weighted by atomic mass is 127. The summed E-state index contributed by atoms with van der Waals surface area (Å²) in [5.74, 6) is 1.26. The number of ether oxygens (including phenoxy) is 1. The first-order valence-corrected chi connectivity index (χ1v) is 9.49. The average Bonchev–Trinajstić information content (AvgIpc) is 2.63. The Morgan fingerprint density at radius 3 is 2.41 bits per heavy atom. The standard InChI is InChI=1S/C20H33FN4O.HI/c1-15(2)14-25-11-9-18(10-12-25)24-20(22-3)23-13-19(26-4)16-5-7-17(21)8-6-16;/h5-8,15,18-19H,9-14H2,1-4H3,(H2,22,23,24);1H. The highest BCUT2D eigenvalue weighted by molar-refractivity contribution is 14.0. The molecule has 0 spiro atoms. The van der Waals surface area contributed by atoms with Crippen LogP contribution in [0.1, 0.15) is 38.4 Å². The molecule has 1 saturated heterocycles. The minimum Gasteiger partial charge on any atom is -0.375 e. The summed E-state index contributed by atoms with van der Waals surface area (Å²) in [6.45, 7) is 8.54. The van der Waals surface area contributed by atoms with Gasteiger partial charge in [0.05, 0.1) is 6.10 Å². The number of piperidine rings is 1. The maximum absolute atomic E-state index is 13.1. The van der Waals surface area contributed by atoms with E-state index in [0.29, 0.717) is 18.5 Å². The van der Waals surface area contributed by atoms with Crippen LogP contribution in [0.15, 0.2) is 29.3 Å². The molecule has 154 valence electrons. The first-order valence-electron chi connectivity index (χ1n) is 9.49. The molecule has 1 heterocycles. The highest BCUT2D eigenvalue weighted by Gasteiger charge is 2.20. The lowest BCUT2D eigenvalue weighted by Gasteiger charge is -2.34. The summed E-state index contributed by atoms with van der Waals surface area (Å²) in [7, 11) is 3.44. The molecule has 0 amide bonds. The van der Waals surface area contributed by atoms with Crippen LogP contribution < -0.4 is 10.6 Å². The Hall–Kier alpha value is -0.930. The van der Waals surface area contributed by atoms with E-state index in [4.69, 9.17) is 4.74 Å². The molecule has 2 N–H and O–H groups in total. The van der Waals surface area contributed by atoms with Gasteiger partial charge in [-0.15, -0.1) is 24.0 Å². The van der Waals surface area contributed by atoms with Gasteiger partial charge >= 0.3 is 0 Å². The number of hydrogen-bond acceptors (Lipinski definition) is 3. The Balaban J connectivity index is 0.00000364. The first kappa shape index (κ1) is 24.1. The van der Waals surface area contributed by atoms with Gasteiger partial charge < -0.3 is 20.3 Å². The Labute approximate surface area is 180 Å². The molecule has 7 heteroatoms. The van der Waals surface area contributed by atoms with Gasteiger partial charge in [0, 0.05) is 46.4 Å². The smallest absolute Gasteiger partial charge is 0.191 e. The monoisotopic (exact) mass is 492 g/mol. The fourth-order valence-electron chi connectivity index (χ4n) is 3.37. The second-order valence-electron chi connectivity index (χ2n) is 7.34. The molecule has 5 nitrogen and oxygen atoms in total. The van der Waals surface area contributed by atoms with Crippen molar-refractivity contribution in [2.45, 2.75) is 38.8 Å². The summed E-state index contributed by atoms with van der Waals surface area (Å²) in [5.41, 5.74) is 0.943. The number of halogens is 2. The van der Waals surface area contributed by atoms with Gasteiger partial charge in [-0.2, -0.15) is 0 Å². The van der Waals surface area contributed by atoms with Crippen molar-refractivity contribution in [3.8, 4) is 0 Å². The number of rotatable bonds is 7. The molecule has 1 aliphatic heterocycles. The van der Waals surface area contributed by atoms with E-state index in [0.717, 1.165) is 37.5 Å². The van der Waals surface area contributed by atoms with Gasteiger partial charge in [-0.3, -0.25) is 4.99 Å².